The van der Waals surface area contributed by atoms with E-state index in [9.17, 15) is 22.8 Å². The molecule has 4 atom stereocenters. The topological polar surface area (TPSA) is 41.7 Å². The van der Waals surface area contributed by atoms with E-state index in [0.29, 0.717) is 38.0 Å². The van der Waals surface area contributed by atoms with Crippen molar-refractivity contribution in [3.8, 4) is 0 Å². The van der Waals surface area contributed by atoms with Crippen LogP contribution in [0.3, 0.4) is 0 Å². The first-order valence-electron chi connectivity index (χ1n) is 12.1. The number of nitrogens with zero attached hydrogens (tertiary/aromatic N) is 2. The first kappa shape index (κ1) is 25.1. The molecule has 7 heteroatoms. The molecule has 1 aliphatic heterocycles. The molecular weight excluding hydrogens is 417 g/mol. The highest BCUT2D eigenvalue weighted by atomic mass is 19.3. The minimum absolute atomic E-state index is 0.0177. The van der Waals surface area contributed by atoms with E-state index in [4.69, 9.17) is 6.57 Å². The summed E-state index contributed by atoms with van der Waals surface area (Å²) >= 11 is 0. The minimum atomic E-state index is -2.61. The molecule has 2 aliphatic carbocycles. The van der Waals surface area contributed by atoms with Crippen LogP contribution in [-0.2, 0) is 9.59 Å². The molecule has 0 radical (unpaired) electrons. The first-order valence-corrected chi connectivity index (χ1v) is 12.1. The van der Waals surface area contributed by atoms with Crippen molar-refractivity contribution in [3.05, 3.63) is 11.4 Å². The Morgan fingerprint density at radius 1 is 1.06 bits per heavy atom. The van der Waals surface area contributed by atoms with Crippen LogP contribution >= 0.6 is 0 Å². The summed E-state index contributed by atoms with van der Waals surface area (Å²) in [5, 5.41) is 0. The molecule has 1 saturated heterocycles. The number of ketones is 1. The number of rotatable bonds is 7. The summed E-state index contributed by atoms with van der Waals surface area (Å²) in [4.78, 5) is 30.1. The number of likely N-dealkylation sites (tertiary alicyclic amines) is 1. The van der Waals surface area contributed by atoms with Gasteiger partial charge in [-0.05, 0) is 55.3 Å². The van der Waals surface area contributed by atoms with Crippen LogP contribution in [0.5, 0.6) is 0 Å². The number of carbonyl (C=O) groups excluding carboxylic acids is 2. The Labute approximate surface area is 190 Å². The zero-order valence-electron chi connectivity index (χ0n) is 19.6. The third kappa shape index (κ3) is 5.15. The molecule has 0 aromatic rings. The summed E-state index contributed by atoms with van der Waals surface area (Å²) < 4.78 is 40.4. The molecule has 1 amide bonds. The Morgan fingerprint density at radius 2 is 1.72 bits per heavy atom. The number of hydrogen-bond donors (Lipinski definition) is 0. The molecule has 4 nitrogen and oxygen atoms in total. The molecule has 3 rings (SSSR count). The van der Waals surface area contributed by atoms with Gasteiger partial charge < -0.3 is 0 Å². The molecule has 0 N–H and O–H groups in total. The van der Waals surface area contributed by atoms with Crippen molar-refractivity contribution in [1.82, 2.24) is 4.90 Å². The lowest BCUT2D eigenvalue weighted by atomic mass is 9.63. The standard InChI is InChI=1S/C25H37F3N2O2/c1-23(2)18(5-6-20(31)17-7-13-25(27,28)14-8-17)9-11-24(23,3)12-10-22(32)30-16-19(26)15-21(30)29-4/h17-19,21H,5-16H2,1-3H3/t18-,19-,21-,24-/m0/s1. The van der Waals surface area contributed by atoms with E-state index >= 15 is 0 Å². The summed E-state index contributed by atoms with van der Waals surface area (Å²) in [7, 11) is 0. The van der Waals surface area contributed by atoms with Crippen LogP contribution in [0.1, 0.15) is 91.4 Å². The Balaban J connectivity index is 1.51. The predicted molar refractivity (Wildman–Crippen MR) is 117 cm³/mol. The lowest BCUT2D eigenvalue weighted by Crippen LogP contribution is -2.38. The zero-order chi connectivity index (χ0) is 23.7. The van der Waals surface area contributed by atoms with Crippen LogP contribution in [-0.4, -0.2) is 41.4 Å². The number of halogens is 3. The molecule has 180 valence electrons. The molecule has 3 aliphatic rings. The smallest absolute Gasteiger partial charge is 0.299 e. The van der Waals surface area contributed by atoms with Crippen molar-refractivity contribution in [2.75, 3.05) is 6.54 Å². The number of carbonyl (C=O) groups is 2. The van der Waals surface area contributed by atoms with E-state index in [1.165, 1.54) is 4.90 Å². The van der Waals surface area contributed by atoms with E-state index in [0.717, 1.165) is 19.3 Å². The van der Waals surface area contributed by atoms with Crippen LogP contribution in [0.15, 0.2) is 0 Å². The Hall–Kier alpha value is -1.58. The third-order valence-corrected chi connectivity index (χ3v) is 9.11. The van der Waals surface area contributed by atoms with Crippen LogP contribution in [0, 0.1) is 29.2 Å². The average Bonchev–Trinajstić information content (AvgIpc) is 3.21. The molecule has 0 aromatic heterocycles. The zero-order valence-corrected chi connectivity index (χ0v) is 19.6. The molecule has 32 heavy (non-hydrogen) atoms. The number of hydrogen-bond acceptors (Lipinski definition) is 2. The van der Waals surface area contributed by atoms with Gasteiger partial charge in [-0.15, -0.1) is 0 Å². The van der Waals surface area contributed by atoms with Crippen LogP contribution in [0.4, 0.5) is 13.2 Å². The fourth-order valence-electron chi connectivity index (χ4n) is 6.19. The SMILES string of the molecule is [C-]#[N+][C@@H]1C[C@H](F)CN1C(=O)CC[C@]1(C)CC[C@H](CCC(=O)C2CCC(F)(F)CC2)C1(C)C. The van der Waals surface area contributed by atoms with Gasteiger partial charge in [0.15, 0.2) is 0 Å². The van der Waals surface area contributed by atoms with Gasteiger partial charge >= 0.3 is 6.17 Å². The van der Waals surface area contributed by atoms with Gasteiger partial charge in [0, 0.05) is 31.6 Å². The molecule has 3 fully saturated rings. The van der Waals surface area contributed by atoms with Crippen LogP contribution in [0.2, 0.25) is 0 Å². The van der Waals surface area contributed by atoms with Crippen molar-refractivity contribution in [2.45, 2.75) is 110 Å². The minimum Gasteiger partial charge on any atom is -0.299 e. The van der Waals surface area contributed by atoms with Gasteiger partial charge in [-0.25, -0.2) is 19.7 Å². The quantitative estimate of drug-likeness (QED) is 0.430. The lowest BCUT2D eigenvalue weighted by molar-refractivity contribution is -0.132. The van der Waals surface area contributed by atoms with Gasteiger partial charge in [0.2, 0.25) is 11.8 Å². The van der Waals surface area contributed by atoms with Gasteiger partial charge in [0.25, 0.3) is 0 Å². The molecule has 0 bridgehead atoms. The second-order valence-electron chi connectivity index (χ2n) is 11.1. The van der Waals surface area contributed by atoms with Gasteiger partial charge in [-0.3, -0.25) is 19.3 Å². The highest BCUT2D eigenvalue weighted by Crippen LogP contribution is 2.59. The highest BCUT2D eigenvalue weighted by Gasteiger charge is 2.51. The van der Waals surface area contributed by atoms with Gasteiger partial charge in [-0.1, -0.05) is 20.8 Å². The number of alkyl halides is 3. The van der Waals surface area contributed by atoms with E-state index in [2.05, 4.69) is 25.6 Å². The van der Waals surface area contributed by atoms with E-state index in [-0.39, 0.29) is 54.2 Å². The van der Waals surface area contributed by atoms with Gasteiger partial charge in [-0.2, -0.15) is 0 Å². The highest BCUT2D eigenvalue weighted by molar-refractivity contribution is 5.81. The Kier molecular flexibility index (Phi) is 7.32. The first-order chi connectivity index (χ1) is 14.9. The van der Waals surface area contributed by atoms with Crippen molar-refractivity contribution < 1.29 is 22.8 Å². The van der Waals surface area contributed by atoms with Crippen molar-refractivity contribution in [1.29, 1.82) is 0 Å². The normalized spacial score (nSPS) is 34.4. The predicted octanol–water partition coefficient (Wildman–Crippen LogP) is 6.20. The third-order valence-electron chi connectivity index (χ3n) is 9.11. The molecule has 0 aromatic carbocycles. The van der Waals surface area contributed by atoms with Crippen LogP contribution < -0.4 is 0 Å². The fraction of sp³-hybridized carbons (Fsp3) is 0.880. The largest absolute Gasteiger partial charge is 0.303 e. The summed E-state index contributed by atoms with van der Waals surface area (Å²) in [6.07, 6.45) is 2.66. The average molecular weight is 455 g/mol. The van der Waals surface area contributed by atoms with E-state index in [1.54, 1.807) is 0 Å². The van der Waals surface area contributed by atoms with Crippen molar-refractivity contribution in [3.63, 3.8) is 0 Å². The monoisotopic (exact) mass is 454 g/mol. The Bertz CT molecular complexity index is 753. The summed E-state index contributed by atoms with van der Waals surface area (Å²) in [6.45, 7) is 13.8. The second kappa shape index (κ2) is 9.35. The fourth-order valence-corrected chi connectivity index (χ4v) is 6.19. The number of amides is 1. The maximum atomic E-state index is 13.7. The number of Topliss-reactive ketones (excluding diaryl/α,β-unsaturated/α-hetero) is 1. The molecule has 0 unspecified atom stereocenters. The van der Waals surface area contributed by atoms with E-state index < -0.39 is 18.3 Å². The molecule has 0 spiro atoms. The lowest BCUT2D eigenvalue weighted by Gasteiger charge is -2.42. The maximum absolute atomic E-state index is 13.7. The summed E-state index contributed by atoms with van der Waals surface area (Å²) in [5.74, 6) is -2.51. The van der Waals surface area contributed by atoms with Gasteiger partial charge in [0.1, 0.15) is 12.0 Å². The molecular formula is C25H37F3N2O2. The Morgan fingerprint density at radius 3 is 2.34 bits per heavy atom. The molecule has 2 saturated carbocycles. The summed E-state index contributed by atoms with van der Waals surface area (Å²) in [6, 6.07) is 0. The van der Waals surface area contributed by atoms with Gasteiger partial charge in [0.05, 0.1) is 13.0 Å². The van der Waals surface area contributed by atoms with Crippen LogP contribution in [0.25, 0.3) is 4.85 Å². The van der Waals surface area contributed by atoms with Crippen molar-refractivity contribution >= 4 is 11.7 Å². The maximum Gasteiger partial charge on any atom is 0.303 e. The van der Waals surface area contributed by atoms with E-state index in [1.807, 2.05) is 0 Å². The summed E-state index contributed by atoms with van der Waals surface area (Å²) in [5.41, 5.74) is -0.147. The molecule has 1 heterocycles. The van der Waals surface area contributed by atoms with Crippen molar-refractivity contribution in [2.24, 2.45) is 22.7 Å². The second-order valence-corrected chi connectivity index (χ2v) is 11.1.